The van der Waals surface area contributed by atoms with Crippen molar-refractivity contribution in [1.29, 1.82) is 0 Å². The van der Waals surface area contributed by atoms with Crippen LogP contribution in [-0.4, -0.2) is 49.6 Å². The summed E-state index contributed by atoms with van der Waals surface area (Å²) < 4.78 is 6.65. The molecule has 0 bridgehead atoms. The van der Waals surface area contributed by atoms with E-state index in [1.54, 1.807) is 0 Å². The zero-order valence-electron chi connectivity index (χ0n) is 29.3. The fourth-order valence-corrected chi connectivity index (χ4v) is 6.43. The first kappa shape index (κ1) is 41.7. The normalized spacial score (nSPS) is 12.9. The predicted molar refractivity (Wildman–Crippen MR) is 187 cm³/mol. The molecule has 0 fully saturated rings. The van der Waals surface area contributed by atoms with Gasteiger partial charge in [0, 0.05) is 12.8 Å². The third kappa shape index (κ3) is 31.1. The average Bonchev–Trinajstić information content (AvgIpc) is 2.95. The maximum Gasteiger partial charge on any atom is 0.178 e. The van der Waals surface area contributed by atoms with Gasteiger partial charge in [-0.25, -0.2) is 0 Å². The molecule has 0 aliphatic carbocycles. The van der Waals surface area contributed by atoms with E-state index in [1.807, 2.05) is 0 Å². The van der Waals surface area contributed by atoms with Crippen molar-refractivity contribution in [3.8, 4) is 0 Å². The van der Waals surface area contributed by atoms with E-state index in [0.29, 0.717) is 23.9 Å². The van der Waals surface area contributed by atoms with Crippen molar-refractivity contribution in [2.75, 3.05) is 27.7 Å². The monoisotopic (exact) mass is 613 g/mol. The third-order valence-electron chi connectivity index (χ3n) is 8.42. The lowest BCUT2D eigenvalue weighted by Crippen LogP contribution is -2.44. The number of hydrogen-bond acceptors (Lipinski definition) is 3. The molecule has 0 aromatic heterocycles. The smallest absolute Gasteiger partial charge is 0.178 e. The van der Waals surface area contributed by atoms with Gasteiger partial charge in [-0.15, -0.1) is 0 Å². The van der Waals surface area contributed by atoms with Crippen LogP contribution in [0.15, 0.2) is 0 Å². The lowest BCUT2D eigenvalue weighted by molar-refractivity contribution is -0.872. The highest BCUT2D eigenvalue weighted by molar-refractivity contribution is 7.53. The van der Waals surface area contributed by atoms with Gasteiger partial charge in [0.2, 0.25) is 0 Å². The van der Waals surface area contributed by atoms with Gasteiger partial charge >= 0.3 is 0 Å². The van der Waals surface area contributed by atoms with E-state index in [2.05, 4.69) is 35.0 Å². The van der Waals surface area contributed by atoms with E-state index in [4.69, 9.17) is 4.52 Å². The molecule has 0 aromatic rings. The summed E-state index contributed by atoms with van der Waals surface area (Å²) in [7, 11) is 6.08. The molecule has 0 spiro atoms. The van der Waals surface area contributed by atoms with Crippen LogP contribution >= 0.6 is 8.81 Å². The minimum absolute atomic E-state index is 0.179. The summed E-state index contributed by atoms with van der Waals surface area (Å²) in [5.74, 6) is 0.186. The Hall–Kier alpha value is -0.310. The number of nitrogens with zero attached hydrogens (tertiary/aromatic N) is 1. The van der Waals surface area contributed by atoms with Crippen LogP contribution in [0.2, 0.25) is 0 Å². The van der Waals surface area contributed by atoms with Crippen molar-refractivity contribution >= 4 is 20.1 Å². The van der Waals surface area contributed by atoms with E-state index in [0.717, 1.165) is 25.7 Å². The standard InChI is InChI=1S/C37H75NO3P/c1-6-8-10-12-14-16-18-19-20-21-23-25-27-29-31-33-37(40)42-41-36(34-38(3,4)5)35(39)32-30-28-26-24-22-17-15-13-11-9-7-2/h36,42H,6-34H2,1-5H3/q+1. The number of carbonyl (C=O) groups excluding carboxylic acids is 2. The van der Waals surface area contributed by atoms with Crippen molar-refractivity contribution in [2.24, 2.45) is 0 Å². The molecule has 0 aromatic carbocycles. The molecule has 2 atom stereocenters. The second-order valence-corrected chi connectivity index (χ2v) is 15.1. The van der Waals surface area contributed by atoms with Crippen LogP contribution in [0, 0.1) is 0 Å². The quantitative estimate of drug-likeness (QED) is 0.0412. The molecule has 0 heterocycles. The number of rotatable bonds is 34. The SMILES string of the molecule is CCCCCCCCCCCCCCCCCC(=O)POC(C[N+](C)(C)C)C(=O)CCCCCCCCCCCCC. The Bertz CT molecular complexity index is 604. The molecule has 0 aliphatic heterocycles. The fourth-order valence-electron chi connectivity index (χ4n) is 5.67. The topological polar surface area (TPSA) is 43.4 Å². The summed E-state index contributed by atoms with van der Waals surface area (Å²) in [6.07, 6.45) is 34.8. The van der Waals surface area contributed by atoms with Gasteiger partial charge in [0.25, 0.3) is 0 Å². The van der Waals surface area contributed by atoms with Crippen LogP contribution in [0.4, 0.5) is 0 Å². The molecule has 0 amide bonds. The zero-order valence-corrected chi connectivity index (χ0v) is 30.3. The van der Waals surface area contributed by atoms with Crippen LogP contribution in [0.25, 0.3) is 0 Å². The maximum atomic E-state index is 13.0. The van der Waals surface area contributed by atoms with Crippen molar-refractivity contribution in [3.63, 3.8) is 0 Å². The summed E-state index contributed by atoms with van der Waals surface area (Å²) in [5.41, 5.74) is 0.179. The highest BCUT2D eigenvalue weighted by atomic mass is 31.1. The van der Waals surface area contributed by atoms with E-state index in [9.17, 15) is 9.59 Å². The predicted octanol–water partition coefficient (Wildman–Crippen LogP) is 11.7. The molecule has 0 saturated heterocycles. The van der Waals surface area contributed by atoms with E-state index in [1.165, 1.54) is 141 Å². The lowest BCUT2D eigenvalue weighted by atomic mass is 10.0. The van der Waals surface area contributed by atoms with Gasteiger partial charge in [0.15, 0.2) is 17.4 Å². The van der Waals surface area contributed by atoms with Gasteiger partial charge in [0.1, 0.15) is 6.54 Å². The van der Waals surface area contributed by atoms with Crippen molar-refractivity contribution in [3.05, 3.63) is 0 Å². The van der Waals surface area contributed by atoms with Crippen LogP contribution in [-0.2, 0) is 14.1 Å². The van der Waals surface area contributed by atoms with Crippen LogP contribution in [0.1, 0.15) is 194 Å². The third-order valence-corrected chi connectivity index (χ3v) is 9.30. The zero-order chi connectivity index (χ0) is 31.2. The molecular formula is C37H75NO3P+. The molecule has 42 heavy (non-hydrogen) atoms. The van der Waals surface area contributed by atoms with E-state index in [-0.39, 0.29) is 20.1 Å². The summed E-state index contributed by atoms with van der Waals surface area (Å²) in [4.78, 5) is 25.5. The number of ketones is 1. The number of likely N-dealkylation sites (N-methyl/N-ethyl adjacent to an activating group) is 1. The highest BCUT2D eigenvalue weighted by Crippen LogP contribution is 2.24. The Morgan fingerprint density at radius 3 is 1.14 bits per heavy atom. The number of quaternary nitrogens is 1. The number of unbranched alkanes of at least 4 members (excludes halogenated alkanes) is 24. The molecule has 5 heteroatoms. The summed E-state index contributed by atoms with van der Waals surface area (Å²) >= 11 is 0. The van der Waals surface area contributed by atoms with Gasteiger partial charge in [-0.1, -0.05) is 168 Å². The molecule has 4 nitrogen and oxygen atoms in total. The summed E-state index contributed by atoms with van der Waals surface area (Å²) in [6.45, 7) is 5.18. The molecule has 0 aliphatic rings. The largest absolute Gasteiger partial charge is 0.338 e. The minimum atomic E-state index is -0.448. The van der Waals surface area contributed by atoms with Crippen molar-refractivity contribution in [2.45, 2.75) is 200 Å². The van der Waals surface area contributed by atoms with Gasteiger partial charge in [-0.05, 0) is 12.8 Å². The number of Topliss-reactive ketones (excluding diaryl/α,β-unsaturated/α-hetero) is 1. The second-order valence-electron chi connectivity index (χ2n) is 14.1. The Labute approximate surface area is 265 Å². The molecule has 0 radical (unpaired) electrons. The molecule has 0 N–H and O–H groups in total. The number of carbonyl (C=O) groups is 2. The summed E-state index contributed by atoms with van der Waals surface area (Å²) in [6, 6.07) is 0. The minimum Gasteiger partial charge on any atom is -0.338 e. The summed E-state index contributed by atoms with van der Waals surface area (Å²) in [5, 5.41) is 0. The Morgan fingerprint density at radius 1 is 0.500 bits per heavy atom. The second kappa shape index (κ2) is 30.7. The average molecular weight is 613 g/mol. The number of hydrogen-bond donors (Lipinski definition) is 0. The van der Waals surface area contributed by atoms with Crippen molar-refractivity contribution < 1.29 is 18.6 Å². The van der Waals surface area contributed by atoms with Gasteiger partial charge < -0.3 is 9.01 Å². The Kier molecular flexibility index (Phi) is 30.5. The van der Waals surface area contributed by atoms with Gasteiger partial charge in [0.05, 0.1) is 30.0 Å². The molecule has 0 rings (SSSR count). The van der Waals surface area contributed by atoms with Crippen LogP contribution in [0.5, 0.6) is 0 Å². The van der Waals surface area contributed by atoms with Crippen LogP contribution < -0.4 is 0 Å². The molecule has 0 saturated carbocycles. The lowest BCUT2D eigenvalue weighted by Gasteiger charge is -2.28. The van der Waals surface area contributed by atoms with E-state index < -0.39 is 6.10 Å². The molecular weight excluding hydrogens is 537 g/mol. The van der Waals surface area contributed by atoms with Crippen LogP contribution in [0.3, 0.4) is 0 Å². The Morgan fingerprint density at radius 2 is 0.810 bits per heavy atom. The molecule has 2 unspecified atom stereocenters. The van der Waals surface area contributed by atoms with E-state index >= 15 is 0 Å². The molecule has 250 valence electrons. The first-order valence-electron chi connectivity index (χ1n) is 18.6. The first-order valence-corrected chi connectivity index (χ1v) is 19.5. The Balaban J connectivity index is 3.86. The first-order chi connectivity index (χ1) is 20.3. The van der Waals surface area contributed by atoms with Crippen molar-refractivity contribution in [1.82, 2.24) is 0 Å². The fraction of sp³-hybridized carbons (Fsp3) is 0.946. The van der Waals surface area contributed by atoms with Gasteiger partial charge in [-0.2, -0.15) is 0 Å². The highest BCUT2D eigenvalue weighted by Gasteiger charge is 2.26. The maximum absolute atomic E-state index is 13.0. The van der Waals surface area contributed by atoms with Gasteiger partial charge in [-0.3, -0.25) is 9.59 Å².